The van der Waals surface area contributed by atoms with Crippen molar-refractivity contribution in [2.24, 2.45) is 0 Å². The highest BCUT2D eigenvalue weighted by atomic mass is 19.1. The van der Waals surface area contributed by atoms with E-state index in [0.29, 0.717) is 17.0 Å². The highest BCUT2D eigenvalue weighted by molar-refractivity contribution is 5.61. The summed E-state index contributed by atoms with van der Waals surface area (Å²) in [7, 11) is 1.42. The Balaban J connectivity index is 2.21. The summed E-state index contributed by atoms with van der Waals surface area (Å²) in [6, 6.07) is 7.20. The molecule has 2 aromatic carbocycles. The Morgan fingerprint density at radius 3 is 2.43 bits per heavy atom. The van der Waals surface area contributed by atoms with Crippen molar-refractivity contribution < 1.29 is 18.4 Å². The van der Waals surface area contributed by atoms with Crippen LogP contribution < -0.4 is 10.1 Å². The van der Waals surface area contributed by atoms with E-state index in [1.54, 1.807) is 0 Å². The summed E-state index contributed by atoms with van der Waals surface area (Å²) in [5.41, 5.74) is 0.640. The van der Waals surface area contributed by atoms with Crippen LogP contribution in [-0.2, 0) is 6.54 Å². The predicted octanol–water partition coefficient (Wildman–Crippen LogP) is 3.49. The molecule has 0 saturated heterocycles. The standard InChI is InChI=1S/C14H12F2N2O3/c1-21-14-3-2-12(18(19)20)7-13(14)17-8-9-4-10(15)6-11(16)5-9/h2-7,17H,8H2,1H3. The number of nitrogens with zero attached hydrogens (tertiary/aromatic N) is 1. The first-order valence-corrected chi connectivity index (χ1v) is 6.01. The molecule has 2 aromatic rings. The fourth-order valence-electron chi connectivity index (χ4n) is 1.86. The van der Waals surface area contributed by atoms with Crippen molar-refractivity contribution >= 4 is 11.4 Å². The lowest BCUT2D eigenvalue weighted by atomic mass is 10.2. The number of benzene rings is 2. The van der Waals surface area contributed by atoms with Gasteiger partial charge in [-0.3, -0.25) is 10.1 Å². The SMILES string of the molecule is COc1ccc([N+](=O)[O-])cc1NCc1cc(F)cc(F)c1. The van der Waals surface area contributed by atoms with E-state index in [0.717, 1.165) is 6.07 Å². The van der Waals surface area contributed by atoms with Crippen LogP contribution in [0.25, 0.3) is 0 Å². The Labute approximate surface area is 119 Å². The van der Waals surface area contributed by atoms with E-state index in [9.17, 15) is 18.9 Å². The van der Waals surface area contributed by atoms with E-state index in [-0.39, 0.29) is 12.2 Å². The van der Waals surface area contributed by atoms with E-state index < -0.39 is 16.6 Å². The third-order valence-corrected chi connectivity index (χ3v) is 2.80. The molecule has 0 aliphatic rings. The molecule has 0 radical (unpaired) electrons. The molecular formula is C14H12F2N2O3. The number of hydrogen-bond acceptors (Lipinski definition) is 4. The number of anilines is 1. The Bertz CT molecular complexity index is 657. The molecule has 0 fully saturated rings. The van der Waals surface area contributed by atoms with Gasteiger partial charge in [0.2, 0.25) is 0 Å². The van der Waals surface area contributed by atoms with Gasteiger partial charge < -0.3 is 10.1 Å². The van der Waals surface area contributed by atoms with E-state index in [4.69, 9.17) is 4.74 Å². The monoisotopic (exact) mass is 294 g/mol. The molecule has 0 heterocycles. The van der Waals surface area contributed by atoms with Crippen LogP contribution in [0.3, 0.4) is 0 Å². The minimum atomic E-state index is -0.683. The van der Waals surface area contributed by atoms with E-state index >= 15 is 0 Å². The zero-order chi connectivity index (χ0) is 15.4. The van der Waals surface area contributed by atoms with E-state index in [1.165, 1.54) is 37.4 Å². The van der Waals surface area contributed by atoms with Crippen LogP contribution in [0.5, 0.6) is 5.75 Å². The molecule has 21 heavy (non-hydrogen) atoms. The summed E-state index contributed by atoms with van der Waals surface area (Å²) in [5.74, 6) is -0.965. The molecular weight excluding hydrogens is 282 g/mol. The lowest BCUT2D eigenvalue weighted by Crippen LogP contribution is -2.03. The number of hydrogen-bond donors (Lipinski definition) is 1. The Kier molecular flexibility index (Phi) is 4.32. The van der Waals surface area contributed by atoms with Crippen molar-refractivity contribution in [1.82, 2.24) is 0 Å². The highest BCUT2D eigenvalue weighted by Gasteiger charge is 2.11. The topological polar surface area (TPSA) is 64.4 Å². The number of methoxy groups -OCH3 is 1. The molecule has 0 aliphatic carbocycles. The second-order valence-corrected chi connectivity index (χ2v) is 4.27. The molecule has 7 heteroatoms. The number of nitro groups is 1. The number of halogens is 2. The van der Waals surface area contributed by atoms with Gasteiger partial charge in [-0.25, -0.2) is 8.78 Å². The quantitative estimate of drug-likeness (QED) is 0.677. The molecule has 0 bridgehead atoms. The molecule has 0 saturated carbocycles. The van der Waals surface area contributed by atoms with Gasteiger partial charge in [0.15, 0.2) is 0 Å². The van der Waals surface area contributed by atoms with Crippen LogP contribution in [0.2, 0.25) is 0 Å². The van der Waals surface area contributed by atoms with Crippen molar-refractivity contribution in [3.05, 3.63) is 63.7 Å². The van der Waals surface area contributed by atoms with Gasteiger partial charge in [0, 0.05) is 24.7 Å². The molecule has 110 valence electrons. The third-order valence-electron chi connectivity index (χ3n) is 2.80. The number of rotatable bonds is 5. The molecule has 0 amide bonds. The maximum atomic E-state index is 13.1. The second-order valence-electron chi connectivity index (χ2n) is 4.27. The minimum absolute atomic E-state index is 0.103. The van der Waals surface area contributed by atoms with Gasteiger partial charge in [0.25, 0.3) is 5.69 Å². The van der Waals surface area contributed by atoms with Gasteiger partial charge in [-0.1, -0.05) is 0 Å². The molecule has 0 unspecified atom stereocenters. The van der Waals surface area contributed by atoms with Crippen molar-refractivity contribution in [3.63, 3.8) is 0 Å². The van der Waals surface area contributed by atoms with Crippen LogP contribution >= 0.6 is 0 Å². The largest absolute Gasteiger partial charge is 0.495 e. The fraction of sp³-hybridized carbons (Fsp3) is 0.143. The van der Waals surface area contributed by atoms with Crippen LogP contribution in [0.4, 0.5) is 20.2 Å². The number of nitro benzene ring substituents is 1. The molecule has 2 rings (SSSR count). The average molecular weight is 294 g/mol. The summed E-state index contributed by atoms with van der Waals surface area (Å²) in [5, 5.41) is 13.6. The van der Waals surface area contributed by atoms with Gasteiger partial charge in [0.1, 0.15) is 17.4 Å². The zero-order valence-corrected chi connectivity index (χ0v) is 11.1. The predicted molar refractivity (Wildman–Crippen MR) is 73.3 cm³/mol. The molecule has 0 atom stereocenters. The zero-order valence-electron chi connectivity index (χ0n) is 11.1. The molecule has 1 N–H and O–H groups in total. The molecule has 0 aromatic heterocycles. The summed E-state index contributed by atoms with van der Waals surface area (Å²) < 4.78 is 31.3. The summed E-state index contributed by atoms with van der Waals surface area (Å²) in [4.78, 5) is 10.2. The van der Waals surface area contributed by atoms with Gasteiger partial charge in [-0.05, 0) is 23.8 Å². The molecule has 0 spiro atoms. The number of ether oxygens (including phenoxy) is 1. The van der Waals surface area contributed by atoms with Crippen molar-refractivity contribution in [2.45, 2.75) is 6.54 Å². The highest BCUT2D eigenvalue weighted by Crippen LogP contribution is 2.29. The van der Waals surface area contributed by atoms with Gasteiger partial charge in [-0.15, -0.1) is 0 Å². The van der Waals surface area contributed by atoms with Crippen LogP contribution in [0.15, 0.2) is 36.4 Å². The number of nitrogens with one attached hydrogen (secondary N) is 1. The smallest absolute Gasteiger partial charge is 0.271 e. The lowest BCUT2D eigenvalue weighted by Gasteiger charge is -2.11. The average Bonchev–Trinajstić information content (AvgIpc) is 2.43. The van der Waals surface area contributed by atoms with Crippen molar-refractivity contribution in [3.8, 4) is 5.75 Å². The summed E-state index contributed by atoms with van der Waals surface area (Å²) in [6.45, 7) is 0.103. The Morgan fingerprint density at radius 2 is 1.86 bits per heavy atom. The second kappa shape index (κ2) is 6.17. The van der Waals surface area contributed by atoms with Crippen LogP contribution in [-0.4, -0.2) is 12.0 Å². The minimum Gasteiger partial charge on any atom is -0.495 e. The van der Waals surface area contributed by atoms with E-state index in [2.05, 4.69) is 5.32 Å². The van der Waals surface area contributed by atoms with Gasteiger partial charge in [0.05, 0.1) is 17.7 Å². The van der Waals surface area contributed by atoms with Crippen molar-refractivity contribution in [2.75, 3.05) is 12.4 Å². The maximum Gasteiger partial charge on any atom is 0.271 e. The van der Waals surface area contributed by atoms with Crippen LogP contribution in [0, 0.1) is 21.7 Å². The Hall–Kier alpha value is -2.70. The Morgan fingerprint density at radius 1 is 1.19 bits per heavy atom. The molecule has 5 nitrogen and oxygen atoms in total. The maximum absolute atomic E-state index is 13.1. The normalized spacial score (nSPS) is 10.2. The first-order valence-electron chi connectivity index (χ1n) is 6.01. The first-order chi connectivity index (χ1) is 9.99. The van der Waals surface area contributed by atoms with Crippen molar-refractivity contribution in [1.29, 1.82) is 0 Å². The summed E-state index contributed by atoms with van der Waals surface area (Å²) >= 11 is 0. The third kappa shape index (κ3) is 3.65. The summed E-state index contributed by atoms with van der Waals surface area (Å²) in [6.07, 6.45) is 0. The van der Waals surface area contributed by atoms with Crippen LogP contribution in [0.1, 0.15) is 5.56 Å². The fourth-order valence-corrected chi connectivity index (χ4v) is 1.86. The van der Waals surface area contributed by atoms with Gasteiger partial charge in [-0.2, -0.15) is 0 Å². The lowest BCUT2D eigenvalue weighted by molar-refractivity contribution is -0.384. The number of non-ortho nitro benzene ring substituents is 1. The van der Waals surface area contributed by atoms with Gasteiger partial charge >= 0.3 is 0 Å². The first kappa shape index (κ1) is 14.7. The molecule has 0 aliphatic heterocycles. The van der Waals surface area contributed by atoms with E-state index in [1.807, 2.05) is 0 Å².